The van der Waals surface area contributed by atoms with Crippen LogP contribution in [-0.2, 0) is 9.59 Å². The number of carbonyl (C=O) groups is 2. The lowest BCUT2D eigenvalue weighted by atomic mass is 10.2. The predicted molar refractivity (Wildman–Crippen MR) is 60.6 cm³/mol. The van der Waals surface area contributed by atoms with Crippen LogP contribution in [0.15, 0.2) is 12.2 Å². The van der Waals surface area contributed by atoms with E-state index in [0.29, 0.717) is 13.1 Å². The molecule has 2 N–H and O–H groups in total. The van der Waals surface area contributed by atoms with Crippen LogP contribution in [0.5, 0.6) is 0 Å². The zero-order chi connectivity index (χ0) is 10.4. The Morgan fingerprint density at radius 1 is 1.00 bits per heavy atom. The van der Waals surface area contributed by atoms with Gasteiger partial charge in [0.25, 0.3) is 11.8 Å². The highest BCUT2D eigenvalue weighted by atomic mass is 35.5. The Kier molecular flexibility index (Phi) is 6.99. The summed E-state index contributed by atoms with van der Waals surface area (Å²) in [5, 5.41) is 0. The molecule has 0 spiro atoms. The molecular weight excluding hydrogens is 216 g/mol. The van der Waals surface area contributed by atoms with Gasteiger partial charge in [-0.1, -0.05) is 12.8 Å². The van der Waals surface area contributed by atoms with Crippen LogP contribution in [0, 0.1) is 0 Å². The maximum Gasteiger partial charge on any atom is 0.253 e. The minimum Gasteiger partial charge on any atom is -0.330 e. The summed E-state index contributed by atoms with van der Waals surface area (Å²) in [5.41, 5.74) is 5.35. The molecule has 0 bridgehead atoms. The largest absolute Gasteiger partial charge is 0.330 e. The monoisotopic (exact) mass is 232 g/mol. The number of halogens is 1. The average molecular weight is 233 g/mol. The zero-order valence-electron chi connectivity index (χ0n) is 8.65. The van der Waals surface area contributed by atoms with Gasteiger partial charge in [0, 0.05) is 18.7 Å². The molecule has 0 saturated heterocycles. The number of rotatable bonds is 6. The molecule has 1 rings (SSSR count). The van der Waals surface area contributed by atoms with E-state index >= 15 is 0 Å². The second-order valence-electron chi connectivity index (χ2n) is 3.36. The number of nitrogens with two attached hydrogens (primary N) is 1. The third-order valence-corrected chi connectivity index (χ3v) is 2.24. The highest BCUT2D eigenvalue weighted by Gasteiger charge is 2.21. The smallest absolute Gasteiger partial charge is 0.253 e. The molecule has 2 amide bonds. The molecule has 0 aromatic rings. The lowest BCUT2D eigenvalue weighted by Crippen LogP contribution is -2.30. The highest BCUT2D eigenvalue weighted by Crippen LogP contribution is 2.07. The minimum atomic E-state index is -0.186. The third-order valence-electron chi connectivity index (χ3n) is 2.24. The fraction of sp³-hybridized carbons (Fsp3) is 0.600. The fourth-order valence-electron chi connectivity index (χ4n) is 1.42. The van der Waals surface area contributed by atoms with Crippen LogP contribution in [0.25, 0.3) is 0 Å². The van der Waals surface area contributed by atoms with Crippen molar-refractivity contribution in [2.45, 2.75) is 25.7 Å². The van der Waals surface area contributed by atoms with Crippen molar-refractivity contribution in [3.8, 4) is 0 Å². The Morgan fingerprint density at radius 2 is 1.53 bits per heavy atom. The first-order chi connectivity index (χ1) is 6.75. The van der Waals surface area contributed by atoms with E-state index in [9.17, 15) is 9.59 Å². The van der Waals surface area contributed by atoms with Crippen molar-refractivity contribution < 1.29 is 9.59 Å². The molecule has 4 nitrogen and oxygen atoms in total. The SMILES string of the molecule is Cl.NCCCCCCN1C(=O)C=CC1=O. The van der Waals surface area contributed by atoms with Crippen molar-refractivity contribution in [1.29, 1.82) is 0 Å². The van der Waals surface area contributed by atoms with Crippen molar-refractivity contribution >= 4 is 24.2 Å². The summed E-state index contributed by atoms with van der Waals surface area (Å²) in [6, 6.07) is 0. The van der Waals surface area contributed by atoms with Crippen LogP contribution in [-0.4, -0.2) is 29.8 Å². The van der Waals surface area contributed by atoms with E-state index in [4.69, 9.17) is 5.73 Å². The Labute approximate surface area is 95.9 Å². The molecule has 15 heavy (non-hydrogen) atoms. The summed E-state index contributed by atoms with van der Waals surface area (Å²) in [5.74, 6) is -0.373. The van der Waals surface area contributed by atoms with Gasteiger partial charge in [0.2, 0.25) is 0 Å². The Balaban J connectivity index is 0.00000196. The van der Waals surface area contributed by atoms with Crippen LogP contribution in [0.2, 0.25) is 0 Å². The third kappa shape index (κ3) is 4.44. The molecule has 0 radical (unpaired) electrons. The van der Waals surface area contributed by atoms with Crippen LogP contribution in [0.4, 0.5) is 0 Å². The van der Waals surface area contributed by atoms with E-state index in [1.165, 1.54) is 17.1 Å². The number of hydrogen-bond acceptors (Lipinski definition) is 3. The van der Waals surface area contributed by atoms with Gasteiger partial charge in [-0.3, -0.25) is 14.5 Å². The topological polar surface area (TPSA) is 63.4 Å². The number of unbranched alkanes of at least 4 members (excludes halogenated alkanes) is 3. The van der Waals surface area contributed by atoms with Crippen molar-refractivity contribution in [2.24, 2.45) is 5.73 Å². The molecule has 0 unspecified atom stereocenters. The summed E-state index contributed by atoms with van der Waals surface area (Å²) >= 11 is 0. The van der Waals surface area contributed by atoms with Gasteiger partial charge in [0.1, 0.15) is 0 Å². The van der Waals surface area contributed by atoms with Gasteiger partial charge < -0.3 is 5.73 Å². The Morgan fingerprint density at radius 3 is 2.07 bits per heavy atom. The van der Waals surface area contributed by atoms with Crippen LogP contribution >= 0.6 is 12.4 Å². The highest BCUT2D eigenvalue weighted by molar-refractivity contribution is 6.12. The van der Waals surface area contributed by atoms with E-state index in [1.54, 1.807) is 0 Å². The van der Waals surface area contributed by atoms with Gasteiger partial charge in [0.05, 0.1) is 0 Å². The zero-order valence-corrected chi connectivity index (χ0v) is 9.46. The van der Waals surface area contributed by atoms with E-state index in [1.807, 2.05) is 0 Å². The molecule has 1 heterocycles. The molecule has 0 aliphatic carbocycles. The van der Waals surface area contributed by atoms with Crippen molar-refractivity contribution in [2.75, 3.05) is 13.1 Å². The summed E-state index contributed by atoms with van der Waals surface area (Å²) in [4.78, 5) is 23.5. The second-order valence-corrected chi connectivity index (χ2v) is 3.36. The number of carbonyl (C=O) groups excluding carboxylic acids is 2. The van der Waals surface area contributed by atoms with Gasteiger partial charge in [0.15, 0.2) is 0 Å². The van der Waals surface area contributed by atoms with Crippen LogP contribution in [0.1, 0.15) is 25.7 Å². The molecule has 1 aliphatic rings. The first kappa shape index (κ1) is 14.1. The Bertz CT molecular complexity index is 236. The number of hydrogen-bond donors (Lipinski definition) is 1. The normalized spacial score (nSPS) is 14.6. The van der Waals surface area contributed by atoms with Gasteiger partial charge >= 0.3 is 0 Å². The molecule has 0 aromatic heterocycles. The average Bonchev–Trinajstić information content (AvgIpc) is 2.48. The van der Waals surface area contributed by atoms with E-state index in [-0.39, 0.29) is 24.2 Å². The van der Waals surface area contributed by atoms with Crippen molar-refractivity contribution in [3.63, 3.8) is 0 Å². The van der Waals surface area contributed by atoms with Crippen molar-refractivity contribution in [1.82, 2.24) is 4.90 Å². The summed E-state index contributed by atoms with van der Waals surface area (Å²) in [7, 11) is 0. The molecular formula is C10H17ClN2O2. The van der Waals surface area contributed by atoms with Gasteiger partial charge in [-0.15, -0.1) is 12.4 Å². The molecule has 0 atom stereocenters. The fourth-order valence-corrected chi connectivity index (χ4v) is 1.42. The molecule has 0 saturated carbocycles. The summed E-state index contributed by atoms with van der Waals surface area (Å²) < 4.78 is 0. The van der Waals surface area contributed by atoms with Gasteiger partial charge in [-0.05, 0) is 19.4 Å². The van der Waals surface area contributed by atoms with Gasteiger partial charge in [-0.25, -0.2) is 0 Å². The number of imide groups is 1. The number of nitrogens with zero attached hydrogens (tertiary/aromatic N) is 1. The van der Waals surface area contributed by atoms with Crippen molar-refractivity contribution in [3.05, 3.63) is 12.2 Å². The molecule has 0 aromatic carbocycles. The first-order valence-electron chi connectivity index (χ1n) is 4.99. The molecule has 86 valence electrons. The Hall–Kier alpha value is -0.870. The maximum absolute atomic E-state index is 11.1. The number of amides is 2. The molecule has 1 aliphatic heterocycles. The lowest BCUT2D eigenvalue weighted by Gasteiger charge is -2.12. The second kappa shape index (κ2) is 7.43. The van der Waals surface area contributed by atoms with E-state index in [2.05, 4.69) is 0 Å². The lowest BCUT2D eigenvalue weighted by molar-refractivity contribution is -0.136. The first-order valence-corrected chi connectivity index (χ1v) is 4.99. The molecule has 0 fully saturated rings. The predicted octanol–water partition coefficient (Wildman–Crippen LogP) is 0.852. The molecule has 5 heteroatoms. The minimum absolute atomic E-state index is 0. The van der Waals surface area contributed by atoms with Crippen LogP contribution in [0.3, 0.4) is 0 Å². The quantitative estimate of drug-likeness (QED) is 0.546. The van der Waals surface area contributed by atoms with E-state index in [0.717, 1.165) is 25.7 Å². The summed E-state index contributed by atoms with van der Waals surface area (Å²) in [6.45, 7) is 1.25. The van der Waals surface area contributed by atoms with Gasteiger partial charge in [-0.2, -0.15) is 0 Å². The maximum atomic E-state index is 11.1. The standard InChI is InChI=1S/C10H16N2O2.ClH/c11-7-3-1-2-4-8-12-9(13)5-6-10(12)14;/h5-6H,1-4,7-8,11H2;1H. The summed E-state index contributed by atoms with van der Waals surface area (Å²) in [6.07, 6.45) is 6.62. The van der Waals surface area contributed by atoms with Crippen LogP contribution < -0.4 is 5.73 Å². The van der Waals surface area contributed by atoms with E-state index < -0.39 is 0 Å².